The van der Waals surface area contributed by atoms with Crippen LogP contribution in [-0.4, -0.2) is 71.3 Å². The van der Waals surface area contributed by atoms with Crippen molar-refractivity contribution in [3.63, 3.8) is 0 Å². The SMILES string of the molecule is Cc1cc(C)cc(N(CCCC(N)=O)Cc2ccc3nc(NCCCN4CCOCC4)n(Cc4cccc5cccnc45)c3c2)c1. The number of pyridine rings is 1. The summed E-state index contributed by atoms with van der Waals surface area (Å²) in [5.41, 5.74) is 14.5. The standard InChI is InChI=1S/C37H45N7O2/c1-27-21-28(2)23-32(22-27)43(16-5-10-35(38)45)25-29-11-12-33-34(24-29)44(26-31-8-3-7-30-9-4-13-39-36(30)31)37(41-33)40-14-6-15-42-17-19-46-20-18-42/h3-4,7-9,11-13,21-24H,5-6,10,14-20,25-26H2,1-2H3,(H2,38,45)(H,40,41). The van der Waals surface area contributed by atoms with Gasteiger partial charge in [-0.15, -0.1) is 0 Å². The minimum Gasteiger partial charge on any atom is -0.379 e. The molecule has 2 aromatic heterocycles. The lowest BCUT2D eigenvalue weighted by atomic mass is 10.1. The lowest BCUT2D eigenvalue weighted by Gasteiger charge is -2.26. The molecule has 6 rings (SSSR count). The molecule has 3 heterocycles. The van der Waals surface area contributed by atoms with Crippen LogP contribution in [0.15, 0.2) is 72.9 Å². The maximum absolute atomic E-state index is 11.6. The van der Waals surface area contributed by atoms with Gasteiger partial charge in [-0.1, -0.05) is 36.4 Å². The van der Waals surface area contributed by atoms with Crippen molar-refractivity contribution in [1.82, 2.24) is 19.4 Å². The molecule has 0 unspecified atom stereocenters. The first-order valence-corrected chi connectivity index (χ1v) is 16.4. The highest BCUT2D eigenvalue weighted by molar-refractivity contribution is 5.83. The van der Waals surface area contributed by atoms with Crippen LogP contribution in [0.2, 0.25) is 0 Å². The number of nitrogens with two attached hydrogens (primary N) is 1. The van der Waals surface area contributed by atoms with E-state index in [2.05, 4.69) is 94.2 Å². The van der Waals surface area contributed by atoms with Gasteiger partial charge in [0.1, 0.15) is 0 Å². The maximum atomic E-state index is 11.6. The highest BCUT2D eigenvalue weighted by Gasteiger charge is 2.16. The molecule has 1 saturated heterocycles. The van der Waals surface area contributed by atoms with E-state index in [0.717, 1.165) is 91.5 Å². The molecule has 0 aliphatic carbocycles. The average molecular weight is 620 g/mol. The summed E-state index contributed by atoms with van der Waals surface area (Å²) in [6, 6.07) is 23.7. The Hall–Kier alpha value is -4.47. The van der Waals surface area contributed by atoms with Crippen molar-refractivity contribution in [2.24, 2.45) is 5.73 Å². The molecule has 0 spiro atoms. The number of anilines is 2. The minimum atomic E-state index is -0.265. The molecule has 0 atom stereocenters. The number of primary amides is 1. The number of aryl methyl sites for hydroxylation is 2. The molecule has 9 nitrogen and oxygen atoms in total. The number of benzene rings is 3. The summed E-state index contributed by atoms with van der Waals surface area (Å²) in [5.74, 6) is 0.605. The summed E-state index contributed by atoms with van der Waals surface area (Å²) in [4.78, 5) is 26.2. The van der Waals surface area contributed by atoms with Crippen molar-refractivity contribution in [3.8, 4) is 0 Å². The Morgan fingerprint density at radius 1 is 1.00 bits per heavy atom. The van der Waals surface area contributed by atoms with Crippen LogP contribution < -0.4 is 16.0 Å². The van der Waals surface area contributed by atoms with Gasteiger partial charge in [0.2, 0.25) is 11.9 Å². The molecule has 1 aliphatic rings. The van der Waals surface area contributed by atoms with E-state index < -0.39 is 0 Å². The van der Waals surface area contributed by atoms with Gasteiger partial charge in [0.05, 0.1) is 36.3 Å². The van der Waals surface area contributed by atoms with Gasteiger partial charge in [-0.05, 0) is 85.8 Å². The largest absolute Gasteiger partial charge is 0.379 e. The van der Waals surface area contributed by atoms with Crippen molar-refractivity contribution in [2.75, 3.05) is 56.2 Å². The highest BCUT2D eigenvalue weighted by atomic mass is 16.5. The van der Waals surface area contributed by atoms with Crippen molar-refractivity contribution in [3.05, 3.63) is 95.2 Å². The fourth-order valence-electron chi connectivity index (χ4n) is 6.45. The molecule has 0 radical (unpaired) electrons. The van der Waals surface area contributed by atoms with Crippen LogP contribution in [0.25, 0.3) is 21.9 Å². The van der Waals surface area contributed by atoms with Gasteiger partial charge in [0.15, 0.2) is 0 Å². The third-order valence-corrected chi connectivity index (χ3v) is 8.69. The van der Waals surface area contributed by atoms with Crippen molar-refractivity contribution in [2.45, 2.75) is 46.2 Å². The fraction of sp³-hybridized carbons (Fsp3) is 0.378. The number of para-hydroxylation sites is 1. The number of rotatable bonds is 14. The Kier molecular flexibility index (Phi) is 10.1. The molecule has 240 valence electrons. The van der Waals surface area contributed by atoms with Crippen molar-refractivity contribution >= 4 is 39.5 Å². The second-order valence-electron chi connectivity index (χ2n) is 12.4. The quantitative estimate of drug-likeness (QED) is 0.155. The molecule has 0 saturated carbocycles. The fourth-order valence-corrected chi connectivity index (χ4v) is 6.45. The van der Waals surface area contributed by atoms with Gasteiger partial charge in [0.25, 0.3) is 0 Å². The molecule has 1 fully saturated rings. The molecule has 3 aromatic carbocycles. The Morgan fingerprint density at radius 3 is 2.61 bits per heavy atom. The van der Waals surface area contributed by atoms with Crippen LogP contribution in [0.1, 0.15) is 41.5 Å². The maximum Gasteiger partial charge on any atom is 0.217 e. The van der Waals surface area contributed by atoms with Gasteiger partial charge in [-0.2, -0.15) is 0 Å². The minimum absolute atomic E-state index is 0.265. The van der Waals surface area contributed by atoms with E-state index in [4.69, 9.17) is 20.4 Å². The summed E-state index contributed by atoms with van der Waals surface area (Å²) in [5, 5.41) is 4.80. The molecule has 1 aliphatic heterocycles. The third-order valence-electron chi connectivity index (χ3n) is 8.69. The van der Waals surface area contributed by atoms with Gasteiger partial charge in [-0.25, -0.2) is 4.98 Å². The Bertz CT molecular complexity index is 1770. The molecule has 5 aromatic rings. The normalized spacial score (nSPS) is 13.8. The van der Waals surface area contributed by atoms with E-state index >= 15 is 0 Å². The Morgan fingerprint density at radius 2 is 1.80 bits per heavy atom. The molecule has 3 N–H and O–H groups in total. The summed E-state index contributed by atoms with van der Waals surface area (Å²) < 4.78 is 7.81. The number of ether oxygens (including phenoxy) is 1. The van der Waals surface area contributed by atoms with Crippen molar-refractivity contribution < 1.29 is 9.53 Å². The number of nitrogens with one attached hydrogen (secondary N) is 1. The number of fused-ring (bicyclic) bond motifs is 2. The number of carbonyl (C=O) groups excluding carboxylic acids is 1. The van der Waals surface area contributed by atoms with E-state index in [-0.39, 0.29) is 5.91 Å². The van der Waals surface area contributed by atoms with Crippen LogP contribution in [-0.2, 0) is 22.6 Å². The second-order valence-corrected chi connectivity index (χ2v) is 12.4. The number of hydrogen-bond donors (Lipinski definition) is 2. The van der Waals surface area contributed by atoms with Gasteiger partial charge >= 0.3 is 0 Å². The van der Waals surface area contributed by atoms with E-state index in [1.54, 1.807) is 0 Å². The van der Waals surface area contributed by atoms with Gasteiger partial charge in [-0.3, -0.25) is 14.7 Å². The van der Waals surface area contributed by atoms with Gasteiger partial charge < -0.3 is 25.3 Å². The number of amides is 1. The zero-order valence-electron chi connectivity index (χ0n) is 27.0. The average Bonchev–Trinajstić information content (AvgIpc) is 3.38. The molecule has 1 amide bonds. The van der Waals surface area contributed by atoms with Gasteiger partial charge in [0, 0.05) is 56.4 Å². The van der Waals surface area contributed by atoms with Crippen LogP contribution in [0.4, 0.5) is 11.6 Å². The number of nitrogens with zero attached hydrogens (tertiary/aromatic N) is 5. The molecule has 9 heteroatoms. The summed E-state index contributed by atoms with van der Waals surface area (Å²) in [6.07, 6.45) is 3.96. The zero-order chi connectivity index (χ0) is 31.9. The Labute approximate surface area is 271 Å². The number of carbonyl (C=O) groups is 1. The summed E-state index contributed by atoms with van der Waals surface area (Å²) in [7, 11) is 0. The summed E-state index contributed by atoms with van der Waals surface area (Å²) >= 11 is 0. The van der Waals surface area contributed by atoms with Crippen LogP contribution in [0.3, 0.4) is 0 Å². The first-order valence-electron chi connectivity index (χ1n) is 16.4. The summed E-state index contributed by atoms with van der Waals surface area (Å²) in [6.45, 7) is 11.9. The topological polar surface area (TPSA) is 102 Å². The monoisotopic (exact) mass is 619 g/mol. The number of morpholine rings is 1. The molecular weight excluding hydrogens is 574 g/mol. The van der Waals surface area contributed by atoms with E-state index in [1.165, 1.54) is 16.7 Å². The third kappa shape index (κ3) is 7.84. The smallest absolute Gasteiger partial charge is 0.217 e. The molecule has 0 bridgehead atoms. The lowest BCUT2D eigenvalue weighted by molar-refractivity contribution is -0.118. The first kappa shape index (κ1) is 31.5. The number of aromatic nitrogens is 3. The van der Waals surface area contributed by atoms with E-state index in [0.29, 0.717) is 25.9 Å². The molecular formula is C37H45N7O2. The second kappa shape index (κ2) is 14.7. The first-order chi connectivity index (χ1) is 22.4. The zero-order valence-corrected chi connectivity index (χ0v) is 27.0. The highest BCUT2D eigenvalue weighted by Crippen LogP contribution is 2.27. The number of hydrogen-bond acceptors (Lipinski definition) is 7. The van der Waals surface area contributed by atoms with E-state index in [1.807, 2.05) is 12.3 Å². The number of imidazole rings is 1. The predicted molar refractivity (Wildman–Crippen MR) is 186 cm³/mol. The van der Waals surface area contributed by atoms with Crippen LogP contribution >= 0.6 is 0 Å². The molecule has 46 heavy (non-hydrogen) atoms. The Balaban J connectivity index is 1.30. The van der Waals surface area contributed by atoms with E-state index in [9.17, 15) is 4.79 Å². The predicted octanol–water partition coefficient (Wildman–Crippen LogP) is 5.66. The van der Waals surface area contributed by atoms with Crippen LogP contribution in [0, 0.1) is 13.8 Å². The van der Waals surface area contributed by atoms with Crippen molar-refractivity contribution in [1.29, 1.82) is 0 Å². The lowest BCUT2D eigenvalue weighted by Crippen LogP contribution is -2.37. The van der Waals surface area contributed by atoms with Crippen LogP contribution in [0.5, 0.6) is 0 Å².